The van der Waals surface area contributed by atoms with Crippen molar-refractivity contribution in [1.29, 1.82) is 0 Å². The molecule has 0 fully saturated rings. The van der Waals surface area contributed by atoms with Crippen molar-refractivity contribution in [2.24, 2.45) is 5.73 Å². The number of aryl methyl sites for hydroxylation is 1. The third kappa shape index (κ3) is 3.88. The van der Waals surface area contributed by atoms with E-state index in [-0.39, 0.29) is 12.5 Å². The summed E-state index contributed by atoms with van der Waals surface area (Å²) in [5.41, 5.74) is 7.53. The minimum absolute atomic E-state index is 0.290. The summed E-state index contributed by atoms with van der Waals surface area (Å²) in [5, 5.41) is 2.60. The van der Waals surface area contributed by atoms with Crippen LogP contribution in [0.3, 0.4) is 0 Å². The van der Waals surface area contributed by atoms with E-state index in [1.54, 1.807) is 18.2 Å². The lowest BCUT2D eigenvalue weighted by Crippen LogP contribution is -2.13. The van der Waals surface area contributed by atoms with Crippen LogP contribution in [-0.2, 0) is 0 Å². The van der Waals surface area contributed by atoms with E-state index in [9.17, 15) is 9.18 Å². The maximum absolute atomic E-state index is 12.7. The normalized spacial score (nSPS) is 9.67. The van der Waals surface area contributed by atoms with Gasteiger partial charge in [0.15, 0.2) is 0 Å². The van der Waals surface area contributed by atoms with Crippen molar-refractivity contribution in [1.82, 2.24) is 4.98 Å². The Bertz CT molecular complexity index is 715. The van der Waals surface area contributed by atoms with Crippen molar-refractivity contribution in [2.75, 3.05) is 11.9 Å². The fourth-order valence-electron chi connectivity index (χ4n) is 1.73. The second-order valence-electron chi connectivity index (χ2n) is 4.35. The molecule has 1 amide bonds. The summed E-state index contributed by atoms with van der Waals surface area (Å²) in [6, 6.07) is 7.82. The molecule has 1 aromatic heterocycles. The van der Waals surface area contributed by atoms with E-state index >= 15 is 0 Å². The molecule has 4 nitrogen and oxygen atoms in total. The first-order valence-corrected chi connectivity index (χ1v) is 6.32. The molecule has 1 aromatic carbocycles. The average Bonchev–Trinajstić information content (AvgIpc) is 2.48. The fourth-order valence-corrected chi connectivity index (χ4v) is 1.73. The highest BCUT2D eigenvalue weighted by atomic mass is 19.1. The van der Waals surface area contributed by atoms with E-state index in [4.69, 9.17) is 5.73 Å². The topological polar surface area (TPSA) is 68.0 Å². The monoisotopic (exact) mass is 283 g/mol. The number of hydrogen-bond acceptors (Lipinski definition) is 3. The molecule has 0 bridgehead atoms. The van der Waals surface area contributed by atoms with Gasteiger partial charge in [0.2, 0.25) is 0 Å². The molecule has 5 heteroatoms. The molecule has 0 spiro atoms. The van der Waals surface area contributed by atoms with E-state index < -0.39 is 5.82 Å². The molecule has 0 aliphatic heterocycles. The number of halogens is 1. The second-order valence-corrected chi connectivity index (χ2v) is 4.35. The Morgan fingerprint density at radius 1 is 1.38 bits per heavy atom. The number of nitrogens with zero attached hydrogens (tertiary/aromatic N) is 1. The van der Waals surface area contributed by atoms with Crippen LogP contribution < -0.4 is 11.1 Å². The van der Waals surface area contributed by atoms with Gasteiger partial charge >= 0.3 is 0 Å². The van der Waals surface area contributed by atoms with E-state index in [0.29, 0.717) is 11.4 Å². The second kappa shape index (κ2) is 6.64. The molecular weight excluding hydrogens is 269 g/mol. The molecule has 1 heterocycles. The number of nitrogens with one attached hydrogen (secondary N) is 1. The summed E-state index contributed by atoms with van der Waals surface area (Å²) in [6.45, 7) is 2.16. The summed E-state index contributed by atoms with van der Waals surface area (Å²) in [5.74, 6) is 5.24. The number of rotatable bonds is 2. The third-order valence-electron chi connectivity index (χ3n) is 2.78. The van der Waals surface area contributed by atoms with Crippen LogP contribution in [0.2, 0.25) is 0 Å². The predicted molar refractivity (Wildman–Crippen MR) is 79.3 cm³/mol. The highest BCUT2D eigenvalue weighted by molar-refractivity contribution is 6.03. The smallest absolute Gasteiger partial charge is 0.256 e. The predicted octanol–water partition coefficient (Wildman–Crippen LogP) is 2.09. The fraction of sp³-hybridized carbons (Fsp3) is 0.125. The Morgan fingerprint density at radius 3 is 2.81 bits per heavy atom. The number of pyridine rings is 1. The molecule has 0 saturated heterocycles. The summed E-state index contributed by atoms with van der Waals surface area (Å²) in [6.07, 6.45) is 1.05. The standard InChI is InChI=1S/C16H14FN3O/c1-11-9-13(5-4-12(11)3-2-8-18)16(21)20-15-7-6-14(17)10-19-15/h4-7,9-10H,8,18H2,1H3,(H,19,20,21). The Labute approximate surface area is 122 Å². The minimum Gasteiger partial charge on any atom is -0.320 e. The average molecular weight is 283 g/mol. The Kier molecular flexibility index (Phi) is 4.64. The molecule has 0 aliphatic carbocycles. The number of amides is 1. The lowest BCUT2D eigenvalue weighted by Gasteiger charge is -2.06. The number of benzene rings is 1. The van der Waals surface area contributed by atoms with Gasteiger partial charge in [-0.3, -0.25) is 4.79 Å². The van der Waals surface area contributed by atoms with Crippen molar-refractivity contribution in [3.8, 4) is 11.8 Å². The maximum Gasteiger partial charge on any atom is 0.256 e. The van der Waals surface area contributed by atoms with Gasteiger partial charge in [0, 0.05) is 11.1 Å². The van der Waals surface area contributed by atoms with Crippen molar-refractivity contribution in [3.63, 3.8) is 0 Å². The summed E-state index contributed by atoms with van der Waals surface area (Å²) >= 11 is 0. The first kappa shape index (κ1) is 14.7. The molecule has 2 rings (SSSR count). The Balaban J connectivity index is 2.16. The molecular formula is C16H14FN3O. The highest BCUT2D eigenvalue weighted by Gasteiger charge is 2.08. The first-order chi connectivity index (χ1) is 10.1. The van der Waals surface area contributed by atoms with Crippen molar-refractivity contribution in [3.05, 3.63) is 59.0 Å². The number of nitrogens with two attached hydrogens (primary N) is 1. The number of carbonyl (C=O) groups excluding carboxylic acids is 1. The molecule has 0 atom stereocenters. The quantitative estimate of drug-likeness (QED) is 0.829. The highest BCUT2D eigenvalue weighted by Crippen LogP contribution is 2.12. The number of hydrogen-bond donors (Lipinski definition) is 2. The van der Waals surface area contributed by atoms with Gasteiger partial charge in [0.25, 0.3) is 5.91 Å². The lowest BCUT2D eigenvalue weighted by molar-refractivity contribution is 0.102. The minimum atomic E-state index is -0.452. The molecule has 0 radical (unpaired) electrons. The number of anilines is 1. The van der Waals surface area contributed by atoms with Crippen LogP contribution in [0.1, 0.15) is 21.5 Å². The van der Waals surface area contributed by atoms with E-state index in [1.165, 1.54) is 12.1 Å². The SMILES string of the molecule is Cc1cc(C(=O)Nc2ccc(F)cn2)ccc1C#CCN. The molecule has 21 heavy (non-hydrogen) atoms. The van der Waals surface area contributed by atoms with Gasteiger partial charge in [-0.2, -0.15) is 0 Å². The van der Waals surface area contributed by atoms with Crippen LogP contribution in [0.4, 0.5) is 10.2 Å². The first-order valence-electron chi connectivity index (χ1n) is 6.32. The summed E-state index contributed by atoms with van der Waals surface area (Å²) in [7, 11) is 0. The summed E-state index contributed by atoms with van der Waals surface area (Å²) < 4.78 is 12.7. The summed E-state index contributed by atoms with van der Waals surface area (Å²) in [4.78, 5) is 15.9. The van der Waals surface area contributed by atoms with Crippen molar-refractivity contribution >= 4 is 11.7 Å². The van der Waals surface area contributed by atoms with E-state index in [0.717, 1.165) is 17.3 Å². The van der Waals surface area contributed by atoms with Gasteiger partial charge in [-0.25, -0.2) is 9.37 Å². The zero-order valence-electron chi connectivity index (χ0n) is 11.5. The van der Waals surface area contributed by atoms with Crippen molar-refractivity contribution in [2.45, 2.75) is 6.92 Å². The van der Waals surface area contributed by atoms with Gasteiger partial charge in [-0.05, 0) is 42.8 Å². The largest absolute Gasteiger partial charge is 0.320 e. The van der Waals surface area contributed by atoms with E-state index in [1.807, 2.05) is 6.92 Å². The maximum atomic E-state index is 12.7. The Morgan fingerprint density at radius 2 is 2.19 bits per heavy atom. The van der Waals surface area contributed by atoms with Crippen LogP contribution in [-0.4, -0.2) is 17.4 Å². The molecule has 0 saturated carbocycles. The Hall–Kier alpha value is -2.71. The zero-order chi connectivity index (χ0) is 15.2. The molecule has 3 N–H and O–H groups in total. The van der Waals surface area contributed by atoms with Gasteiger partial charge in [-0.1, -0.05) is 11.8 Å². The number of carbonyl (C=O) groups is 1. The van der Waals surface area contributed by atoms with Gasteiger partial charge in [-0.15, -0.1) is 0 Å². The van der Waals surface area contributed by atoms with Crippen molar-refractivity contribution < 1.29 is 9.18 Å². The van der Waals surface area contributed by atoms with Crippen LogP contribution in [0, 0.1) is 24.6 Å². The van der Waals surface area contributed by atoms with Crippen LogP contribution >= 0.6 is 0 Å². The molecule has 2 aromatic rings. The van der Waals surface area contributed by atoms with Gasteiger partial charge in [0.1, 0.15) is 11.6 Å². The molecule has 106 valence electrons. The van der Waals surface area contributed by atoms with Crippen LogP contribution in [0.15, 0.2) is 36.5 Å². The zero-order valence-corrected chi connectivity index (χ0v) is 11.5. The molecule has 0 aliphatic rings. The van der Waals surface area contributed by atoms with Crippen LogP contribution in [0.5, 0.6) is 0 Å². The van der Waals surface area contributed by atoms with Gasteiger partial charge < -0.3 is 11.1 Å². The van der Waals surface area contributed by atoms with E-state index in [2.05, 4.69) is 22.1 Å². The lowest BCUT2D eigenvalue weighted by atomic mass is 10.0. The third-order valence-corrected chi connectivity index (χ3v) is 2.78. The van der Waals surface area contributed by atoms with Gasteiger partial charge in [0.05, 0.1) is 12.7 Å². The molecule has 0 unspecified atom stereocenters. The van der Waals surface area contributed by atoms with Crippen LogP contribution in [0.25, 0.3) is 0 Å². The number of aromatic nitrogens is 1.